The molecule has 1 aliphatic rings. The van der Waals surface area contributed by atoms with Gasteiger partial charge in [-0.05, 0) is 31.7 Å². The van der Waals surface area contributed by atoms with Crippen molar-refractivity contribution in [2.45, 2.75) is 52.0 Å². The monoisotopic (exact) mass is 277 g/mol. The van der Waals surface area contributed by atoms with E-state index in [4.69, 9.17) is 5.73 Å². The van der Waals surface area contributed by atoms with Crippen molar-refractivity contribution in [3.63, 3.8) is 0 Å². The van der Waals surface area contributed by atoms with Crippen molar-refractivity contribution in [1.82, 2.24) is 9.03 Å². The summed E-state index contributed by atoms with van der Waals surface area (Å²) in [5.74, 6) is 0.260. The summed E-state index contributed by atoms with van der Waals surface area (Å²) in [4.78, 5) is 0. The molecule has 6 heteroatoms. The van der Waals surface area contributed by atoms with Gasteiger partial charge in [0.2, 0.25) is 0 Å². The highest BCUT2D eigenvalue weighted by Crippen LogP contribution is 2.14. The van der Waals surface area contributed by atoms with Gasteiger partial charge >= 0.3 is 0 Å². The van der Waals surface area contributed by atoms with Gasteiger partial charge in [0.25, 0.3) is 10.2 Å². The smallest absolute Gasteiger partial charge is 0.279 e. The topological polar surface area (TPSA) is 75.4 Å². The van der Waals surface area contributed by atoms with Crippen molar-refractivity contribution >= 4 is 10.2 Å². The van der Waals surface area contributed by atoms with E-state index >= 15 is 0 Å². The van der Waals surface area contributed by atoms with E-state index in [-0.39, 0.29) is 12.0 Å². The number of nitrogens with one attached hydrogen (secondary N) is 1. The predicted molar refractivity (Wildman–Crippen MR) is 74.4 cm³/mol. The molecule has 1 unspecified atom stereocenters. The largest absolute Gasteiger partial charge is 0.330 e. The highest BCUT2D eigenvalue weighted by atomic mass is 32.2. The Bertz CT molecular complexity index is 322. The quantitative estimate of drug-likeness (QED) is 0.762. The molecule has 0 amide bonds. The number of nitrogens with zero attached hydrogens (tertiary/aromatic N) is 1. The molecule has 3 N–H and O–H groups in total. The first kappa shape index (κ1) is 15.9. The Hall–Kier alpha value is -0.170. The summed E-state index contributed by atoms with van der Waals surface area (Å²) in [5.41, 5.74) is 5.54. The first-order chi connectivity index (χ1) is 8.47. The Morgan fingerprint density at radius 3 is 2.17 bits per heavy atom. The fourth-order valence-electron chi connectivity index (χ4n) is 2.26. The standard InChI is InChI=1S/C12H27N3O2S/c1-11(2)12(7-8-13)14-18(16,17)15-9-5-3-4-6-10-15/h11-12,14H,3-10,13H2,1-2H3. The van der Waals surface area contributed by atoms with Gasteiger partial charge in [-0.25, -0.2) is 0 Å². The maximum absolute atomic E-state index is 12.3. The zero-order valence-corrected chi connectivity index (χ0v) is 12.4. The second kappa shape index (κ2) is 7.43. The average molecular weight is 277 g/mol. The van der Waals surface area contributed by atoms with Crippen LogP contribution in [0.4, 0.5) is 0 Å². The summed E-state index contributed by atoms with van der Waals surface area (Å²) >= 11 is 0. The van der Waals surface area contributed by atoms with Crippen molar-refractivity contribution in [3.8, 4) is 0 Å². The van der Waals surface area contributed by atoms with Crippen LogP contribution in [0.5, 0.6) is 0 Å². The molecule has 0 radical (unpaired) electrons. The predicted octanol–water partition coefficient (Wildman–Crippen LogP) is 1.07. The van der Waals surface area contributed by atoms with E-state index in [0.29, 0.717) is 26.1 Å². The molecule has 0 spiro atoms. The maximum Gasteiger partial charge on any atom is 0.279 e. The highest BCUT2D eigenvalue weighted by Gasteiger charge is 2.26. The zero-order chi connectivity index (χ0) is 13.6. The van der Waals surface area contributed by atoms with Crippen LogP contribution in [-0.2, 0) is 10.2 Å². The Morgan fingerprint density at radius 2 is 1.72 bits per heavy atom. The molecule has 1 atom stereocenters. The molecule has 1 fully saturated rings. The van der Waals surface area contributed by atoms with Crippen LogP contribution in [0.1, 0.15) is 46.0 Å². The normalized spacial score (nSPS) is 20.9. The minimum absolute atomic E-state index is 0.0664. The lowest BCUT2D eigenvalue weighted by atomic mass is 10.0. The molecule has 0 aromatic carbocycles. The van der Waals surface area contributed by atoms with E-state index < -0.39 is 10.2 Å². The minimum atomic E-state index is -3.35. The van der Waals surface area contributed by atoms with E-state index in [1.54, 1.807) is 4.31 Å². The van der Waals surface area contributed by atoms with Gasteiger partial charge in [0, 0.05) is 19.1 Å². The van der Waals surface area contributed by atoms with Crippen LogP contribution in [0.25, 0.3) is 0 Å². The third-order valence-corrected chi connectivity index (χ3v) is 5.13. The maximum atomic E-state index is 12.3. The fraction of sp³-hybridized carbons (Fsp3) is 1.00. The highest BCUT2D eigenvalue weighted by molar-refractivity contribution is 7.87. The van der Waals surface area contributed by atoms with E-state index in [1.165, 1.54) is 0 Å². The Labute approximate surface area is 111 Å². The number of nitrogens with two attached hydrogens (primary N) is 1. The van der Waals surface area contributed by atoms with E-state index in [9.17, 15) is 8.42 Å². The van der Waals surface area contributed by atoms with Crippen LogP contribution in [0.2, 0.25) is 0 Å². The molecule has 0 bridgehead atoms. The van der Waals surface area contributed by atoms with Crippen LogP contribution in [-0.4, -0.2) is 38.4 Å². The van der Waals surface area contributed by atoms with E-state index in [1.807, 2.05) is 13.8 Å². The molecule has 0 aromatic heterocycles. The Morgan fingerprint density at radius 1 is 1.17 bits per heavy atom. The summed E-state index contributed by atoms with van der Waals surface area (Å²) in [6.45, 7) is 5.83. The summed E-state index contributed by atoms with van der Waals surface area (Å²) in [5, 5.41) is 0. The minimum Gasteiger partial charge on any atom is -0.330 e. The molecule has 0 saturated carbocycles. The molecule has 0 aliphatic carbocycles. The molecule has 108 valence electrons. The molecule has 1 heterocycles. The lowest BCUT2D eigenvalue weighted by Gasteiger charge is -2.26. The first-order valence-electron chi connectivity index (χ1n) is 6.95. The molecule has 5 nitrogen and oxygen atoms in total. The van der Waals surface area contributed by atoms with Crippen LogP contribution < -0.4 is 10.5 Å². The van der Waals surface area contributed by atoms with Gasteiger partial charge in [0.05, 0.1) is 0 Å². The first-order valence-corrected chi connectivity index (χ1v) is 8.39. The third kappa shape index (κ3) is 4.84. The van der Waals surface area contributed by atoms with Gasteiger partial charge in [0.1, 0.15) is 0 Å². The van der Waals surface area contributed by atoms with Crippen LogP contribution in [0.15, 0.2) is 0 Å². The average Bonchev–Trinajstić information content (AvgIpc) is 2.57. The van der Waals surface area contributed by atoms with Crippen LogP contribution >= 0.6 is 0 Å². The summed E-state index contributed by atoms with van der Waals surface area (Å²) < 4.78 is 29.0. The molecule has 18 heavy (non-hydrogen) atoms. The fourth-order valence-corrected chi connectivity index (χ4v) is 3.92. The SMILES string of the molecule is CC(C)C(CCN)NS(=O)(=O)N1CCCCCC1. The molecule has 1 saturated heterocycles. The van der Waals surface area contributed by atoms with Gasteiger partial charge in [-0.15, -0.1) is 0 Å². The summed E-state index contributed by atoms with van der Waals surface area (Å²) in [7, 11) is -3.35. The molecular formula is C12H27N3O2S. The molecule has 0 aromatic rings. The van der Waals surface area contributed by atoms with Gasteiger partial charge in [0.15, 0.2) is 0 Å². The van der Waals surface area contributed by atoms with Crippen molar-refractivity contribution in [3.05, 3.63) is 0 Å². The van der Waals surface area contributed by atoms with E-state index in [0.717, 1.165) is 25.7 Å². The van der Waals surface area contributed by atoms with Crippen molar-refractivity contribution in [2.24, 2.45) is 11.7 Å². The lowest BCUT2D eigenvalue weighted by molar-refractivity contribution is 0.379. The lowest BCUT2D eigenvalue weighted by Crippen LogP contribution is -2.48. The second-order valence-electron chi connectivity index (χ2n) is 5.36. The van der Waals surface area contributed by atoms with Gasteiger partial charge in [-0.2, -0.15) is 17.4 Å². The van der Waals surface area contributed by atoms with Gasteiger partial charge in [-0.3, -0.25) is 0 Å². The van der Waals surface area contributed by atoms with Gasteiger partial charge in [-0.1, -0.05) is 26.7 Å². The molecule has 1 aliphatic heterocycles. The molecule has 1 rings (SSSR count). The van der Waals surface area contributed by atoms with Crippen LogP contribution in [0.3, 0.4) is 0 Å². The number of hydrogen-bond acceptors (Lipinski definition) is 3. The number of hydrogen-bond donors (Lipinski definition) is 2. The second-order valence-corrected chi connectivity index (χ2v) is 7.07. The third-order valence-electron chi connectivity index (χ3n) is 3.49. The van der Waals surface area contributed by atoms with E-state index in [2.05, 4.69) is 4.72 Å². The van der Waals surface area contributed by atoms with Crippen molar-refractivity contribution in [1.29, 1.82) is 0 Å². The van der Waals surface area contributed by atoms with Gasteiger partial charge < -0.3 is 5.73 Å². The van der Waals surface area contributed by atoms with Crippen LogP contribution in [0, 0.1) is 5.92 Å². The van der Waals surface area contributed by atoms with Crippen molar-refractivity contribution in [2.75, 3.05) is 19.6 Å². The zero-order valence-electron chi connectivity index (χ0n) is 11.6. The Balaban J connectivity index is 2.66. The number of rotatable bonds is 6. The summed E-state index contributed by atoms with van der Waals surface area (Å²) in [6.07, 6.45) is 4.86. The van der Waals surface area contributed by atoms with Crippen molar-refractivity contribution < 1.29 is 8.42 Å². The Kier molecular flexibility index (Phi) is 6.55. The molecular weight excluding hydrogens is 250 g/mol. The summed E-state index contributed by atoms with van der Waals surface area (Å²) in [6, 6.07) is -0.0664.